The smallest absolute Gasteiger partial charge is 0.252 e. The first-order chi connectivity index (χ1) is 12.6. The van der Waals surface area contributed by atoms with Gasteiger partial charge >= 0.3 is 0 Å². The van der Waals surface area contributed by atoms with E-state index in [1.54, 1.807) is 37.0 Å². The third-order valence-corrected chi connectivity index (χ3v) is 5.26. The minimum Gasteiger partial charge on any atom is -0.508 e. The van der Waals surface area contributed by atoms with E-state index in [9.17, 15) is 14.7 Å². The van der Waals surface area contributed by atoms with Crippen LogP contribution >= 0.6 is 11.8 Å². The highest BCUT2D eigenvalue weighted by Crippen LogP contribution is 2.24. The quantitative estimate of drug-likeness (QED) is 0.485. The molecule has 0 aliphatic heterocycles. The number of ketones is 1. The minimum absolute atomic E-state index is 0.0668. The predicted molar refractivity (Wildman–Crippen MR) is 106 cm³/mol. The minimum atomic E-state index is -0.0668. The molecule has 2 aromatic carbocycles. The number of hydrogen-bond donors (Lipinski definition) is 2. The van der Waals surface area contributed by atoms with Crippen molar-refractivity contribution >= 4 is 23.5 Å². The van der Waals surface area contributed by atoms with Gasteiger partial charge in [-0.15, -0.1) is 11.8 Å². The lowest BCUT2D eigenvalue weighted by atomic mass is 10.0. The van der Waals surface area contributed by atoms with Gasteiger partial charge in [0.25, 0.3) is 5.91 Å². The summed E-state index contributed by atoms with van der Waals surface area (Å²) in [6, 6.07) is 14.6. The van der Waals surface area contributed by atoms with Crippen molar-refractivity contribution in [1.29, 1.82) is 0 Å². The molecule has 0 unspecified atom stereocenters. The Bertz CT molecular complexity index is 746. The molecule has 0 saturated heterocycles. The number of amides is 1. The van der Waals surface area contributed by atoms with Crippen molar-refractivity contribution in [1.82, 2.24) is 5.32 Å². The standard InChI is InChI=1S/C21H25NO3S/c1-22-21(25)18-11-5-7-13-20(18)26-14-8-2-3-10-17(23)15-16-9-4-6-12-19(16)24/h4-7,9,11-13,24H,2-3,8,10,14-15H2,1H3,(H,22,25). The molecule has 0 atom stereocenters. The first kappa shape index (κ1) is 20.0. The molecule has 0 bridgehead atoms. The van der Waals surface area contributed by atoms with Gasteiger partial charge in [-0.05, 0) is 36.8 Å². The molecule has 1 amide bonds. The van der Waals surface area contributed by atoms with E-state index < -0.39 is 0 Å². The molecule has 0 radical (unpaired) electrons. The zero-order valence-electron chi connectivity index (χ0n) is 15.0. The number of aromatic hydroxyl groups is 1. The van der Waals surface area contributed by atoms with Gasteiger partial charge in [-0.25, -0.2) is 0 Å². The Labute approximate surface area is 159 Å². The zero-order chi connectivity index (χ0) is 18.8. The first-order valence-electron chi connectivity index (χ1n) is 8.84. The van der Waals surface area contributed by atoms with Gasteiger partial charge in [0.1, 0.15) is 11.5 Å². The number of hydrogen-bond acceptors (Lipinski definition) is 4. The Morgan fingerprint density at radius 3 is 2.50 bits per heavy atom. The molecule has 0 fully saturated rings. The van der Waals surface area contributed by atoms with Crippen LogP contribution in [0.15, 0.2) is 53.4 Å². The molecule has 2 aromatic rings. The Morgan fingerprint density at radius 2 is 1.73 bits per heavy atom. The van der Waals surface area contributed by atoms with Crippen LogP contribution in [0, 0.1) is 0 Å². The molecule has 0 aromatic heterocycles. The number of para-hydroxylation sites is 1. The van der Waals surface area contributed by atoms with E-state index in [2.05, 4.69) is 5.32 Å². The lowest BCUT2D eigenvalue weighted by Gasteiger charge is -2.08. The number of carbonyl (C=O) groups is 2. The van der Waals surface area contributed by atoms with Gasteiger partial charge in [0.15, 0.2) is 0 Å². The molecule has 0 saturated carbocycles. The third kappa shape index (κ3) is 6.23. The SMILES string of the molecule is CNC(=O)c1ccccc1SCCCCCC(=O)Cc1ccccc1O. The summed E-state index contributed by atoms with van der Waals surface area (Å²) in [6.45, 7) is 0. The van der Waals surface area contributed by atoms with Crippen molar-refractivity contribution in [2.24, 2.45) is 0 Å². The van der Waals surface area contributed by atoms with Crippen LogP contribution in [0.3, 0.4) is 0 Å². The Kier molecular flexibility index (Phi) is 8.22. The van der Waals surface area contributed by atoms with E-state index in [1.807, 2.05) is 30.3 Å². The number of unbranched alkanes of at least 4 members (excludes halogenated alkanes) is 2. The Morgan fingerprint density at radius 1 is 1.00 bits per heavy atom. The van der Waals surface area contributed by atoms with Crippen LogP contribution in [0.1, 0.15) is 41.6 Å². The fraction of sp³-hybridized carbons (Fsp3) is 0.333. The number of benzene rings is 2. The molecule has 26 heavy (non-hydrogen) atoms. The van der Waals surface area contributed by atoms with E-state index in [1.165, 1.54) is 0 Å². The Hall–Kier alpha value is -2.27. The maximum absolute atomic E-state index is 12.0. The number of Topliss-reactive ketones (excluding diaryl/α,β-unsaturated/α-hetero) is 1. The normalized spacial score (nSPS) is 10.5. The molecule has 0 aliphatic carbocycles. The van der Waals surface area contributed by atoms with Crippen LogP contribution in [0.5, 0.6) is 5.75 Å². The zero-order valence-corrected chi connectivity index (χ0v) is 15.8. The average molecular weight is 372 g/mol. The molecule has 0 aliphatic rings. The second kappa shape index (κ2) is 10.7. The number of phenolic OH excluding ortho intramolecular Hbond substituents is 1. The second-order valence-corrected chi connectivity index (χ2v) is 7.22. The van der Waals surface area contributed by atoms with E-state index >= 15 is 0 Å². The van der Waals surface area contributed by atoms with Crippen LogP contribution in [-0.2, 0) is 11.2 Å². The molecule has 0 heterocycles. The predicted octanol–water partition coefficient (Wildman–Crippen LogP) is 4.22. The number of nitrogens with one attached hydrogen (secondary N) is 1. The number of thioether (sulfide) groups is 1. The lowest BCUT2D eigenvalue weighted by molar-refractivity contribution is -0.118. The fourth-order valence-corrected chi connectivity index (χ4v) is 3.72. The van der Waals surface area contributed by atoms with Gasteiger partial charge in [0, 0.05) is 30.3 Å². The molecular formula is C21H25NO3S. The monoisotopic (exact) mass is 371 g/mol. The van der Waals surface area contributed by atoms with Crippen molar-refractivity contribution in [3.05, 3.63) is 59.7 Å². The van der Waals surface area contributed by atoms with Crippen LogP contribution < -0.4 is 5.32 Å². The number of carbonyl (C=O) groups excluding carboxylic acids is 2. The van der Waals surface area contributed by atoms with Crippen molar-refractivity contribution in [3.8, 4) is 5.75 Å². The highest BCUT2D eigenvalue weighted by molar-refractivity contribution is 7.99. The van der Waals surface area contributed by atoms with Crippen LogP contribution in [0.2, 0.25) is 0 Å². The highest BCUT2D eigenvalue weighted by atomic mass is 32.2. The number of rotatable bonds is 10. The van der Waals surface area contributed by atoms with E-state index in [0.717, 1.165) is 29.9 Å². The van der Waals surface area contributed by atoms with Crippen molar-refractivity contribution in [2.75, 3.05) is 12.8 Å². The maximum atomic E-state index is 12.0. The van der Waals surface area contributed by atoms with Gasteiger partial charge in [0.2, 0.25) is 0 Å². The lowest BCUT2D eigenvalue weighted by Crippen LogP contribution is -2.18. The molecule has 138 valence electrons. The molecule has 0 spiro atoms. The van der Waals surface area contributed by atoms with Gasteiger partial charge < -0.3 is 10.4 Å². The first-order valence-corrected chi connectivity index (χ1v) is 9.83. The van der Waals surface area contributed by atoms with Crippen molar-refractivity contribution in [3.63, 3.8) is 0 Å². The van der Waals surface area contributed by atoms with Crippen molar-refractivity contribution < 1.29 is 14.7 Å². The van der Waals surface area contributed by atoms with Gasteiger partial charge in [-0.2, -0.15) is 0 Å². The second-order valence-electron chi connectivity index (χ2n) is 6.08. The molecule has 5 heteroatoms. The summed E-state index contributed by atoms with van der Waals surface area (Å²) < 4.78 is 0. The van der Waals surface area contributed by atoms with Crippen LogP contribution in [0.25, 0.3) is 0 Å². The summed E-state index contributed by atoms with van der Waals surface area (Å²) in [5.74, 6) is 1.20. The third-order valence-electron chi connectivity index (χ3n) is 4.10. The summed E-state index contributed by atoms with van der Waals surface area (Å²) >= 11 is 1.68. The van der Waals surface area contributed by atoms with Gasteiger partial charge in [0.05, 0.1) is 5.56 Å². The maximum Gasteiger partial charge on any atom is 0.252 e. The molecule has 4 nitrogen and oxygen atoms in total. The Balaban J connectivity index is 1.66. The highest BCUT2D eigenvalue weighted by Gasteiger charge is 2.10. The molecule has 2 rings (SSSR count). The van der Waals surface area contributed by atoms with Crippen LogP contribution in [0.4, 0.5) is 0 Å². The average Bonchev–Trinajstić information content (AvgIpc) is 2.66. The topological polar surface area (TPSA) is 66.4 Å². The summed E-state index contributed by atoms with van der Waals surface area (Å²) in [5, 5.41) is 12.4. The van der Waals surface area contributed by atoms with E-state index in [-0.39, 0.29) is 17.4 Å². The summed E-state index contributed by atoms with van der Waals surface area (Å²) in [6.07, 6.45) is 3.65. The summed E-state index contributed by atoms with van der Waals surface area (Å²) in [4.78, 5) is 24.8. The fourth-order valence-electron chi connectivity index (χ4n) is 2.66. The molecule has 2 N–H and O–H groups in total. The number of phenols is 1. The van der Waals surface area contributed by atoms with E-state index in [0.29, 0.717) is 24.0 Å². The molecular weight excluding hydrogens is 346 g/mol. The van der Waals surface area contributed by atoms with Gasteiger partial charge in [-0.3, -0.25) is 9.59 Å². The van der Waals surface area contributed by atoms with E-state index in [4.69, 9.17) is 0 Å². The van der Waals surface area contributed by atoms with Crippen LogP contribution in [-0.4, -0.2) is 29.6 Å². The largest absolute Gasteiger partial charge is 0.508 e. The summed E-state index contributed by atoms with van der Waals surface area (Å²) in [5.41, 5.74) is 1.40. The summed E-state index contributed by atoms with van der Waals surface area (Å²) in [7, 11) is 1.63. The van der Waals surface area contributed by atoms with Crippen molar-refractivity contribution in [2.45, 2.75) is 37.0 Å². The van der Waals surface area contributed by atoms with Gasteiger partial charge in [-0.1, -0.05) is 36.8 Å².